The quantitative estimate of drug-likeness (QED) is 0.858. The third-order valence-corrected chi connectivity index (χ3v) is 3.80. The summed E-state index contributed by atoms with van der Waals surface area (Å²) in [6, 6.07) is 7.57. The SMILES string of the molecule is O=c1c(Cl)nc2ccccc2n1CCN1CCOCC1. The Balaban J connectivity index is 1.89. The molecule has 106 valence electrons. The zero-order valence-electron chi connectivity index (χ0n) is 11.1. The fourth-order valence-electron chi connectivity index (χ4n) is 2.45. The van der Waals surface area contributed by atoms with E-state index in [-0.39, 0.29) is 10.7 Å². The molecule has 6 heteroatoms. The minimum absolute atomic E-state index is 0.0330. The van der Waals surface area contributed by atoms with Gasteiger partial charge in [0.05, 0.1) is 24.2 Å². The second kappa shape index (κ2) is 5.91. The molecule has 0 amide bonds. The molecule has 5 nitrogen and oxygen atoms in total. The average Bonchev–Trinajstić information content (AvgIpc) is 2.49. The minimum atomic E-state index is -0.223. The van der Waals surface area contributed by atoms with Crippen LogP contribution in [0.25, 0.3) is 11.0 Å². The summed E-state index contributed by atoms with van der Waals surface area (Å²) in [6.45, 7) is 4.76. The van der Waals surface area contributed by atoms with Gasteiger partial charge >= 0.3 is 0 Å². The van der Waals surface area contributed by atoms with Crippen molar-refractivity contribution in [1.82, 2.24) is 14.5 Å². The second-order valence-corrected chi connectivity index (χ2v) is 5.16. The van der Waals surface area contributed by atoms with E-state index >= 15 is 0 Å². The number of morpholine rings is 1. The van der Waals surface area contributed by atoms with Crippen LogP contribution in [-0.4, -0.2) is 47.3 Å². The van der Waals surface area contributed by atoms with Gasteiger partial charge in [0.1, 0.15) is 0 Å². The monoisotopic (exact) mass is 293 g/mol. The van der Waals surface area contributed by atoms with E-state index in [0.29, 0.717) is 6.54 Å². The van der Waals surface area contributed by atoms with Crippen LogP contribution in [0, 0.1) is 0 Å². The molecular weight excluding hydrogens is 278 g/mol. The molecule has 0 atom stereocenters. The van der Waals surface area contributed by atoms with Crippen LogP contribution in [0.3, 0.4) is 0 Å². The van der Waals surface area contributed by atoms with E-state index in [2.05, 4.69) is 9.88 Å². The number of hydrogen-bond acceptors (Lipinski definition) is 4. The first-order valence-corrected chi connectivity index (χ1v) is 7.09. The predicted octanol–water partition coefficient (Wildman–Crippen LogP) is 1.38. The highest BCUT2D eigenvalue weighted by atomic mass is 35.5. The molecule has 2 heterocycles. The van der Waals surface area contributed by atoms with E-state index < -0.39 is 0 Å². The Bertz CT molecular complexity index is 665. The Morgan fingerprint density at radius 1 is 1.20 bits per heavy atom. The molecule has 2 aromatic rings. The fourth-order valence-corrected chi connectivity index (χ4v) is 2.64. The van der Waals surface area contributed by atoms with Crippen LogP contribution in [0.4, 0.5) is 0 Å². The molecule has 0 bridgehead atoms. The maximum atomic E-state index is 12.2. The van der Waals surface area contributed by atoms with Gasteiger partial charge in [-0.1, -0.05) is 23.7 Å². The number of aromatic nitrogens is 2. The number of rotatable bonds is 3. The Labute approximate surface area is 121 Å². The van der Waals surface area contributed by atoms with E-state index in [1.807, 2.05) is 24.3 Å². The van der Waals surface area contributed by atoms with Gasteiger partial charge in [0.2, 0.25) is 0 Å². The fraction of sp³-hybridized carbons (Fsp3) is 0.429. The summed E-state index contributed by atoms with van der Waals surface area (Å²) in [5.41, 5.74) is 1.35. The highest BCUT2D eigenvalue weighted by molar-refractivity contribution is 6.29. The largest absolute Gasteiger partial charge is 0.379 e. The molecular formula is C14H16ClN3O2. The van der Waals surface area contributed by atoms with Crippen molar-refractivity contribution >= 4 is 22.6 Å². The summed E-state index contributed by atoms with van der Waals surface area (Å²) >= 11 is 5.94. The molecule has 1 fully saturated rings. The number of ether oxygens (including phenoxy) is 1. The van der Waals surface area contributed by atoms with Crippen LogP contribution in [0.15, 0.2) is 29.1 Å². The number of fused-ring (bicyclic) bond motifs is 1. The Morgan fingerprint density at radius 2 is 1.95 bits per heavy atom. The molecule has 1 aliphatic heterocycles. The third kappa shape index (κ3) is 2.70. The minimum Gasteiger partial charge on any atom is -0.379 e. The molecule has 0 saturated carbocycles. The lowest BCUT2D eigenvalue weighted by Gasteiger charge is -2.26. The van der Waals surface area contributed by atoms with Crippen LogP contribution in [0.5, 0.6) is 0 Å². The van der Waals surface area contributed by atoms with Crippen molar-refractivity contribution in [3.63, 3.8) is 0 Å². The smallest absolute Gasteiger partial charge is 0.288 e. The summed E-state index contributed by atoms with van der Waals surface area (Å²) in [5.74, 6) is 0. The Kier molecular flexibility index (Phi) is 4.00. The molecule has 1 aromatic carbocycles. The number of nitrogens with zero attached hydrogens (tertiary/aromatic N) is 3. The summed E-state index contributed by atoms with van der Waals surface area (Å²) in [6.07, 6.45) is 0. The Hall–Kier alpha value is -1.43. The zero-order valence-corrected chi connectivity index (χ0v) is 11.8. The standard InChI is InChI=1S/C14H16ClN3O2/c15-13-14(19)18(6-5-17-7-9-20-10-8-17)12-4-2-1-3-11(12)16-13/h1-4H,5-10H2. The lowest BCUT2D eigenvalue weighted by molar-refractivity contribution is 0.0364. The van der Waals surface area contributed by atoms with Crippen molar-refractivity contribution in [2.45, 2.75) is 6.54 Å². The number of hydrogen-bond donors (Lipinski definition) is 0. The van der Waals surface area contributed by atoms with Gasteiger partial charge in [-0.2, -0.15) is 0 Å². The first kappa shape index (κ1) is 13.5. The third-order valence-electron chi connectivity index (χ3n) is 3.56. The maximum absolute atomic E-state index is 12.2. The molecule has 1 aromatic heterocycles. The summed E-state index contributed by atoms with van der Waals surface area (Å²) < 4.78 is 7.03. The van der Waals surface area contributed by atoms with Gasteiger partial charge in [-0.3, -0.25) is 9.69 Å². The molecule has 1 saturated heterocycles. The van der Waals surface area contributed by atoms with Crippen LogP contribution in [0.1, 0.15) is 0 Å². The molecule has 0 unspecified atom stereocenters. The van der Waals surface area contributed by atoms with Crippen molar-refractivity contribution in [1.29, 1.82) is 0 Å². The average molecular weight is 294 g/mol. The highest BCUT2D eigenvalue weighted by Gasteiger charge is 2.13. The van der Waals surface area contributed by atoms with E-state index in [9.17, 15) is 4.79 Å². The molecule has 0 spiro atoms. The second-order valence-electron chi connectivity index (χ2n) is 4.80. The van der Waals surface area contributed by atoms with Crippen molar-refractivity contribution in [2.24, 2.45) is 0 Å². The van der Waals surface area contributed by atoms with Gasteiger partial charge in [0, 0.05) is 26.2 Å². The number of para-hydroxylation sites is 2. The van der Waals surface area contributed by atoms with Crippen LogP contribution >= 0.6 is 11.6 Å². The predicted molar refractivity (Wildman–Crippen MR) is 78.3 cm³/mol. The van der Waals surface area contributed by atoms with Gasteiger partial charge in [-0.05, 0) is 12.1 Å². The van der Waals surface area contributed by atoms with Crippen LogP contribution in [-0.2, 0) is 11.3 Å². The lowest BCUT2D eigenvalue weighted by Crippen LogP contribution is -2.39. The highest BCUT2D eigenvalue weighted by Crippen LogP contribution is 2.12. The van der Waals surface area contributed by atoms with Crippen LogP contribution in [0.2, 0.25) is 5.15 Å². The summed E-state index contributed by atoms with van der Waals surface area (Å²) in [7, 11) is 0. The van der Waals surface area contributed by atoms with Gasteiger partial charge in [-0.25, -0.2) is 4.98 Å². The molecule has 1 aliphatic rings. The normalized spacial score (nSPS) is 16.6. The van der Waals surface area contributed by atoms with Crippen LogP contribution < -0.4 is 5.56 Å². The first-order chi connectivity index (χ1) is 9.75. The lowest BCUT2D eigenvalue weighted by atomic mass is 10.3. The number of benzene rings is 1. The summed E-state index contributed by atoms with van der Waals surface area (Å²) in [4.78, 5) is 18.6. The molecule has 0 aliphatic carbocycles. The zero-order chi connectivity index (χ0) is 13.9. The number of halogens is 1. The van der Waals surface area contributed by atoms with E-state index in [1.54, 1.807) is 4.57 Å². The molecule has 0 N–H and O–H groups in total. The van der Waals surface area contributed by atoms with E-state index in [0.717, 1.165) is 43.9 Å². The molecule has 20 heavy (non-hydrogen) atoms. The van der Waals surface area contributed by atoms with Gasteiger partial charge < -0.3 is 9.30 Å². The van der Waals surface area contributed by atoms with Crippen molar-refractivity contribution in [3.8, 4) is 0 Å². The van der Waals surface area contributed by atoms with Crippen molar-refractivity contribution < 1.29 is 4.74 Å². The molecule has 3 rings (SSSR count). The Morgan fingerprint density at radius 3 is 2.75 bits per heavy atom. The van der Waals surface area contributed by atoms with Crippen molar-refractivity contribution in [3.05, 3.63) is 39.8 Å². The van der Waals surface area contributed by atoms with E-state index in [1.165, 1.54) is 0 Å². The topological polar surface area (TPSA) is 47.4 Å². The molecule has 0 radical (unpaired) electrons. The maximum Gasteiger partial charge on any atom is 0.288 e. The first-order valence-electron chi connectivity index (χ1n) is 6.71. The van der Waals surface area contributed by atoms with Gasteiger partial charge in [0.25, 0.3) is 5.56 Å². The van der Waals surface area contributed by atoms with Crippen molar-refractivity contribution in [2.75, 3.05) is 32.8 Å². The van der Waals surface area contributed by atoms with Gasteiger partial charge in [0.15, 0.2) is 5.15 Å². The summed E-state index contributed by atoms with van der Waals surface area (Å²) in [5, 5.41) is 0.0330. The van der Waals surface area contributed by atoms with Gasteiger partial charge in [-0.15, -0.1) is 0 Å². The van der Waals surface area contributed by atoms with E-state index in [4.69, 9.17) is 16.3 Å².